The topological polar surface area (TPSA) is 69.0 Å². The highest BCUT2D eigenvalue weighted by molar-refractivity contribution is 7.99. The third-order valence-corrected chi connectivity index (χ3v) is 5.46. The normalized spacial score (nSPS) is 14.3. The summed E-state index contributed by atoms with van der Waals surface area (Å²) in [4.78, 5) is 12.3. The lowest BCUT2D eigenvalue weighted by molar-refractivity contribution is -0.113. The minimum absolute atomic E-state index is 0.102. The van der Waals surface area contributed by atoms with Gasteiger partial charge in [-0.1, -0.05) is 42.8 Å². The molecule has 3 rings (SSSR count). The molecule has 1 amide bonds. The van der Waals surface area contributed by atoms with Crippen LogP contribution in [-0.2, 0) is 11.3 Å². The summed E-state index contributed by atoms with van der Waals surface area (Å²) in [5.41, 5.74) is 0.666. The molecule has 6 nitrogen and oxygen atoms in total. The van der Waals surface area contributed by atoms with E-state index in [2.05, 4.69) is 26.7 Å². The maximum atomic E-state index is 12.3. The van der Waals surface area contributed by atoms with E-state index in [4.69, 9.17) is 4.74 Å². The van der Waals surface area contributed by atoms with Gasteiger partial charge in [-0.15, -0.1) is 16.8 Å². The molecular weight excluding hydrogens is 348 g/mol. The van der Waals surface area contributed by atoms with E-state index in [9.17, 15) is 4.79 Å². The summed E-state index contributed by atoms with van der Waals surface area (Å²) in [7, 11) is 1.59. The van der Waals surface area contributed by atoms with Gasteiger partial charge in [0.05, 0.1) is 18.6 Å². The molecule has 1 saturated carbocycles. The van der Waals surface area contributed by atoms with Gasteiger partial charge in [0.1, 0.15) is 11.6 Å². The van der Waals surface area contributed by atoms with Crippen LogP contribution in [0.2, 0.25) is 0 Å². The molecule has 1 aliphatic rings. The fourth-order valence-corrected chi connectivity index (χ4v) is 4.01. The monoisotopic (exact) mass is 372 g/mol. The Morgan fingerprint density at radius 1 is 1.38 bits per heavy atom. The summed E-state index contributed by atoms with van der Waals surface area (Å²) in [6.45, 7) is 4.50. The molecule has 1 N–H and O–H groups in total. The van der Waals surface area contributed by atoms with Crippen LogP contribution in [0.3, 0.4) is 0 Å². The first-order valence-corrected chi connectivity index (χ1v) is 9.81. The number of para-hydroxylation sites is 2. The number of rotatable bonds is 8. The van der Waals surface area contributed by atoms with Gasteiger partial charge in [0, 0.05) is 12.5 Å². The zero-order chi connectivity index (χ0) is 18.4. The molecule has 1 aromatic heterocycles. The number of nitrogens with zero attached hydrogens (tertiary/aromatic N) is 3. The summed E-state index contributed by atoms with van der Waals surface area (Å²) in [5.74, 6) is 2.30. The molecule has 138 valence electrons. The second kappa shape index (κ2) is 8.89. The zero-order valence-electron chi connectivity index (χ0n) is 15.0. The number of allylic oxidation sites excluding steroid dienone is 1. The molecule has 0 bridgehead atoms. The SMILES string of the molecule is C=CCn1c(SCC(=O)Nc2ccccc2OC)nnc1C1CCCC1. The van der Waals surface area contributed by atoms with Crippen molar-refractivity contribution in [3.05, 3.63) is 42.7 Å². The molecule has 0 radical (unpaired) electrons. The lowest BCUT2D eigenvalue weighted by Crippen LogP contribution is -2.15. The lowest BCUT2D eigenvalue weighted by atomic mass is 10.1. The van der Waals surface area contributed by atoms with E-state index in [-0.39, 0.29) is 11.7 Å². The molecule has 0 unspecified atom stereocenters. The molecule has 0 atom stereocenters. The average molecular weight is 372 g/mol. The van der Waals surface area contributed by atoms with Crippen LogP contribution in [0.5, 0.6) is 5.75 Å². The third-order valence-electron chi connectivity index (χ3n) is 4.49. The Morgan fingerprint density at radius 2 is 2.15 bits per heavy atom. The number of anilines is 1. The van der Waals surface area contributed by atoms with Gasteiger partial charge in [-0.25, -0.2) is 0 Å². The van der Waals surface area contributed by atoms with Gasteiger partial charge in [-0.3, -0.25) is 4.79 Å². The summed E-state index contributed by atoms with van der Waals surface area (Å²) in [6.07, 6.45) is 6.66. The first kappa shape index (κ1) is 18.5. The van der Waals surface area contributed by atoms with Gasteiger partial charge in [0.25, 0.3) is 0 Å². The highest BCUT2D eigenvalue weighted by Crippen LogP contribution is 2.34. The van der Waals surface area contributed by atoms with Crippen molar-refractivity contribution in [3.63, 3.8) is 0 Å². The van der Waals surface area contributed by atoms with E-state index < -0.39 is 0 Å². The maximum Gasteiger partial charge on any atom is 0.234 e. The molecular formula is C19H24N4O2S. The van der Waals surface area contributed by atoms with Crippen molar-refractivity contribution in [2.24, 2.45) is 0 Å². The Kier molecular flexibility index (Phi) is 6.33. The lowest BCUT2D eigenvalue weighted by Gasteiger charge is -2.12. The molecule has 1 fully saturated rings. The van der Waals surface area contributed by atoms with Crippen molar-refractivity contribution >= 4 is 23.4 Å². The fraction of sp³-hybridized carbons (Fsp3) is 0.421. The molecule has 0 saturated heterocycles. The van der Waals surface area contributed by atoms with Crippen LogP contribution in [0.1, 0.15) is 37.4 Å². The number of hydrogen-bond donors (Lipinski definition) is 1. The van der Waals surface area contributed by atoms with Crippen LogP contribution in [0, 0.1) is 0 Å². The second-order valence-corrected chi connectivity index (χ2v) is 7.20. The van der Waals surface area contributed by atoms with Crippen molar-refractivity contribution in [2.75, 3.05) is 18.2 Å². The minimum atomic E-state index is -0.102. The van der Waals surface area contributed by atoms with E-state index in [0.29, 0.717) is 23.9 Å². The predicted molar refractivity (Wildman–Crippen MR) is 104 cm³/mol. The number of amides is 1. The molecule has 1 aliphatic carbocycles. The van der Waals surface area contributed by atoms with Gasteiger partial charge in [0.2, 0.25) is 5.91 Å². The van der Waals surface area contributed by atoms with Gasteiger partial charge in [0.15, 0.2) is 5.16 Å². The summed E-state index contributed by atoms with van der Waals surface area (Å²) >= 11 is 1.40. The summed E-state index contributed by atoms with van der Waals surface area (Å²) < 4.78 is 7.35. The highest BCUT2D eigenvalue weighted by atomic mass is 32.2. The minimum Gasteiger partial charge on any atom is -0.495 e. The van der Waals surface area contributed by atoms with E-state index >= 15 is 0 Å². The Labute approximate surface area is 158 Å². The number of aromatic nitrogens is 3. The number of thioether (sulfide) groups is 1. The van der Waals surface area contributed by atoms with E-state index in [1.807, 2.05) is 30.3 Å². The Morgan fingerprint density at radius 3 is 2.88 bits per heavy atom. The largest absolute Gasteiger partial charge is 0.495 e. The van der Waals surface area contributed by atoms with E-state index in [1.165, 1.54) is 24.6 Å². The number of carbonyl (C=O) groups excluding carboxylic acids is 1. The summed E-state index contributed by atoms with van der Waals surface area (Å²) in [5, 5.41) is 12.4. The van der Waals surface area contributed by atoms with Gasteiger partial charge >= 0.3 is 0 Å². The number of hydrogen-bond acceptors (Lipinski definition) is 5. The molecule has 1 aromatic carbocycles. The molecule has 1 heterocycles. The molecule has 26 heavy (non-hydrogen) atoms. The molecule has 0 spiro atoms. The zero-order valence-corrected chi connectivity index (χ0v) is 15.8. The first-order chi connectivity index (χ1) is 12.7. The number of benzene rings is 1. The fourth-order valence-electron chi connectivity index (χ4n) is 3.26. The number of nitrogens with one attached hydrogen (secondary N) is 1. The first-order valence-electron chi connectivity index (χ1n) is 8.82. The number of ether oxygens (including phenoxy) is 1. The van der Waals surface area contributed by atoms with Crippen molar-refractivity contribution in [1.29, 1.82) is 0 Å². The molecule has 0 aliphatic heterocycles. The predicted octanol–water partition coefficient (Wildman–Crippen LogP) is 3.86. The maximum absolute atomic E-state index is 12.3. The smallest absolute Gasteiger partial charge is 0.234 e. The quantitative estimate of drug-likeness (QED) is 0.563. The Hall–Kier alpha value is -2.28. The van der Waals surface area contributed by atoms with Crippen LogP contribution in [0.15, 0.2) is 42.1 Å². The third kappa shape index (κ3) is 4.27. The van der Waals surface area contributed by atoms with Crippen molar-refractivity contribution in [2.45, 2.75) is 43.3 Å². The Balaban J connectivity index is 1.65. The van der Waals surface area contributed by atoms with Crippen LogP contribution < -0.4 is 10.1 Å². The standard InChI is InChI=1S/C19H24N4O2S/c1-3-12-23-18(14-8-4-5-9-14)21-22-19(23)26-13-17(24)20-15-10-6-7-11-16(15)25-2/h3,6-7,10-11,14H,1,4-5,8-9,12-13H2,2H3,(H,20,24). The average Bonchev–Trinajstić information content (AvgIpc) is 3.30. The van der Waals surface area contributed by atoms with Crippen LogP contribution in [0.25, 0.3) is 0 Å². The van der Waals surface area contributed by atoms with Crippen LogP contribution in [-0.4, -0.2) is 33.5 Å². The molecule has 7 heteroatoms. The number of methoxy groups -OCH3 is 1. The second-order valence-electron chi connectivity index (χ2n) is 6.26. The van der Waals surface area contributed by atoms with Crippen molar-refractivity contribution in [3.8, 4) is 5.75 Å². The number of carbonyl (C=O) groups is 1. The van der Waals surface area contributed by atoms with Crippen molar-refractivity contribution in [1.82, 2.24) is 14.8 Å². The van der Waals surface area contributed by atoms with Gasteiger partial charge in [-0.05, 0) is 25.0 Å². The van der Waals surface area contributed by atoms with Gasteiger partial charge in [-0.2, -0.15) is 0 Å². The van der Waals surface area contributed by atoms with Gasteiger partial charge < -0.3 is 14.6 Å². The van der Waals surface area contributed by atoms with E-state index in [1.54, 1.807) is 7.11 Å². The Bertz CT molecular complexity index is 769. The van der Waals surface area contributed by atoms with E-state index in [0.717, 1.165) is 23.8 Å². The highest BCUT2D eigenvalue weighted by Gasteiger charge is 2.24. The van der Waals surface area contributed by atoms with Crippen LogP contribution >= 0.6 is 11.8 Å². The summed E-state index contributed by atoms with van der Waals surface area (Å²) in [6, 6.07) is 7.36. The van der Waals surface area contributed by atoms with Crippen molar-refractivity contribution < 1.29 is 9.53 Å². The molecule has 2 aromatic rings. The van der Waals surface area contributed by atoms with Crippen LogP contribution in [0.4, 0.5) is 5.69 Å².